The lowest BCUT2D eigenvalue weighted by molar-refractivity contribution is -0.173. The zero-order valence-corrected chi connectivity index (χ0v) is 15.9. The molecule has 1 aromatic rings. The van der Waals surface area contributed by atoms with Crippen LogP contribution in [0.15, 0.2) is 6.07 Å². The Morgan fingerprint density at radius 1 is 1.38 bits per heavy atom. The molecule has 0 spiro atoms. The summed E-state index contributed by atoms with van der Waals surface area (Å²) in [5, 5.41) is 6.72. The minimum absolute atomic E-state index is 0.0766. The lowest BCUT2D eigenvalue weighted by atomic mass is 10.0. The van der Waals surface area contributed by atoms with Crippen molar-refractivity contribution in [1.29, 1.82) is 0 Å². The Kier molecular flexibility index (Phi) is 5.02. The molecule has 1 aromatic heterocycles. The molecule has 0 aliphatic carbocycles. The number of aromatic nitrogens is 2. The number of sulfonamides is 1. The van der Waals surface area contributed by atoms with E-state index < -0.39 is 33.5 Å². The molecule has 148 valence electrons. The molecule has 10 heteroatoms. The summed E-state index contributed by atoms with van der Waals surface area (Å²) in [5.74, 6) is 0.314. The maximum Gasteiger partial charge on any atom is 0.410 e. The molecule has 0 radical (unpaired) electrons. The highest BCUT2D eigenvalue weighted by Gasteiger charge is 2.47. The van der Waals surface area contributed by atoms with Crippen LogP contribution in [-0.4, -0.2) is 46.5 Å². The highest BCUT2D eigenvalue weighted by atomic mass is 32.2. The lowest BCUT2D eigenvalue weighted by Crippen LogP contribution is -2.39. The Morgan fingerprint density at radius 3 is 2.65 bits per heavy atom. The van der Waals surface area contributed by atoms with Gasteiger partial charge in [0.25, 0.3) is 0 Å². The van der Waals surface area contributed by atoms with Gasteiger partial charge in [-0.05, 0) is 39.5 Å². The number of alkyl halides is 3. The zero-order valence-electron chi connectivity index (χ0n) is 15.1. The molecule has 3 rings (SSSR count). The molecule has 26 heavy (non-hydrogen) atoms. The summed E-state index contributed by atoms with van der Waals surface area (Å²) >= 11 is 0. The Hall–Kier alpha value is -1.29. The van der Waals surface area contributed by atoms with Crippen LogP contribution in [0.2, 0.25) is 0 Å². The second-order valence-corrected chi connectivity index (χ2v) is 9.75. The van der Waals surface area contributed by atoms with Crippen molar-refractivity contribution in [3.63, 3.8) is 0 Å². The molecule has 6 nitrogen and oxygen atoms in total. The third-order valence-corrected chi connectivity index (χ3v) is 7.53. The van der Waals surface area contributed by atoms with E-state index in [1.54, 1.807) is 19.9 Å². The minimum Gasteiger partial charge on any atom is -0.367 e. The first-order valence-electron chi connectivity index (χ1n) is 8.99. The molecule has 3 heterocycles. The zero-order chi connectivity index (χ0) is 19.3. The Bertz CT molecular complexity index is 760. The first kappa shape index (κ1) is 19.5. The fraction of sp³-hybridized carbons (Fsp3) is 0.812. The molecule has 1 N–H and O–H groups in total. The van der Waals surface area contributed by atoms with Crippen molar-refractivity contribution in [2.45, 2.75) is 76.0 Å². The van der Waals surface area contributed by atoms with Gasteiger partial charge in [-0.3, -0.25) is 0 Å². The van der Waals surface area contributed by atoms with E-state index in [0.717, 1.165) is 4.68 Å². The van der Waals surface area contributed by atoms with Crippen molar-refractivity contribution < 1.29 is 21.6 Å². The van der Waals surface area contributed by atoms with Crippen LogP contribution in [0.4, 0.5) is 19.0 Å². The predicted molar refractivity (Wildman–Crippen MR) is 92.4 cm³/mol. The Labute approximate surface area is 151 Å². The quantitative estimate of drug-likeness (QED) is 0.849. The summed E-state index contributed by atoms with van der Waals surface area (Å²) in [7, 11) is -3.49. The maximum absolute atomic E-state index is 13.5. The third-order valence-electron chi connectivity index (χ3n) is 5.25. The maximum atomic E-state index is 13.5. The van der Waals surface area contributed by atoms with Crippen LogP contribution in [0.25, 0.3) is 0 Å². The van der Waals surface area contributed by atoms with Crippen LogP contribution in [0.5, 0.6) is 0 Å². The van der Waals surface area contributed by atoms with Gasteiger partial charge in [0.15, 0.2) is 6.04 Å². The van der Waals surface area contributed by atoms with E-state index >= 15 is 0 Å². The molecule has 2 aliphatic heterocycles. The minimum atomic E-state index is -4.40. The number of nitrogens with one attached hydrogen (secondary N) is 1. The molecule has 2 aliphatic rings. The van der Waals surface area contributed by atoms with Gasteiger partial charge in [0.2, 0.25) is 10.0 Å². The third kappa shape index (κ3) is 3.33. The molecule has 0 bridgehead atoms. The number of halogens is 3. The summed E-state index contributed by atoms with van der Waals surface area (Å²) in [6.45, 7) is 5.43. The van der Waals surface area contributed by atoms with Crippen molar-refractivity contribution in [1.82, 2.24) is 14.1 Å². The standard InChI is InChI=1S/C16H25F3N4O2S/c1-4-11-8-14(16(17,18)19)23-15(20-11)9-12(21-23)13-6-5-7-22(13)26(24,25)10(2)3/h9-11,13-14,20H,4-8H2,1-3H3. The molecular weight excluding hydrogens is 369 g/mol. The Morgan fingerprint density at radius 2 is 2.08 bits per heavy atom. The topological polar surface area (TPSA) is 67.2 Å². The van der Waals surface area contributed by atoms with E-state index in [9.17, 15) is 21.6 Å². The first-order valence-corrected chi connectivity index (χ1v) is 10.5. The van der Waals surface area contributed by atoms with Crippen LogP contribution in [0.3, 0.4) is 0 Å². The smallest absolute Gasteiger partial charge is 0.367 e. The fourth-order valence-electron chi connectivity index (χ4n) is 3.71. The summed E-state index contributed by atoms with van der Waals surface area (Å²) in [4.78, 5) is 0. The van der Waals surface area contributed by atoms with Gasteiger partial charge in [0.1, 0.15) is 5.82 Å². The molecule has 1 fully saturated rings. The van der Waals surface area contributed by atoms with Gasteiger partial charge in [0, 0.05) is 18.7 Å². The van der Waals surface area contributed by atoms with Gasteiger partial charge in [-0.25, -0.2) is 13.1 Å². The summed E-state index contributed by atoms with van der Waals surface area (Å²) in [6, 6.07) is -0.887. The van der Waals surface area contributed by atoms with Crippen molar-refractivity contribution in [2.75, 3.05) is 11.9 Å². The number of hydrogen-bond acceptors (Lipinski definition) is 4. The lowest BCUT2D eigenvalue weighted by Gasteiger charge is -2.32. The SMILES string of the molecule is CCC1CC(C(F)(F)F)n2nc(C3CCCN3S(=O)(=O)C(C)C)cc2N1. The average Bonchev–Trinajstić information content (AvgIpc) is 3.18. The van der Waals surface area contributed by atoms with Crippen LogP contribution in [0.1, 0.15) is 64.2 Å². The number of rotatable bonds is 4. The van der Waals surface area contributed by atoms with E-state index in [2.05, 4.69) is 10.4 Å². The highest BCUT2D eigenvalue weighted by molar-refractivity contribution is 7.89. The van der Waals surface area contributed by atoms with Gasteiger partial charge in [-0.15, -0.1) is 0 Å². The van der Waals surface area contributed by atoms with Crippen LogP contribution in [0, 0.1) is 0 Å². The molecule has 0 saturated carbocycles. The average molecular weight is 394 g/mol. The largest absolute Gasteiger partial charge is 0.410 e. The first-order chi connectivity index (χ1) is 12.1. The second kappa shape index (κ2) is 6.70. The van der Waals surface area contributed by atoms with Crippen LogP contribution < -0.4 is 5.32 Å². The number of fused-ring (bicyclic) bond motifs is 1. The normalized spacial score (nSPS) is 27.6. The molecule has 1 saturated heterocycles. The molecule has 0 amide bonds. The molecule has 3 atom stereocenters. The van der Waals surface area contributed by atoms with E-state index in [1.807, 2.05) is 6.92 Å². The van der Waals surface area contributed by atoms with Crippen molar-refractivity contribution in [3.05, 3.63) is 11.8 Å². The predicted octanol–water partition coefficient (Wildman–Crippen LogP) is 3.46. The highest BCUT2D eigenvalue weighted by Crippen LogP contribution is 2.42. The summed E-state index contributed by atoms with van der Waals surface area (Å²) < 4.78 is 68.0. The van der Waals surface area contributed by atoms with Crippen molar-refractivity contribution in [2.24, 2.45) is 0 Å². The van der Waals surface area contributed by atoms with E-state index in [0.29, 0.717) is 37.3 Å². The van der Waals surface area contributed by atoms with E-state index in [1.165, 1.54) is 4.31 Å². The number of anilines is 1. The van der Waals surface area contributed by atoms with Gasteiger partial charge >= 0.3 is 6.18 Å². The summed E-state index contributed by atoms with van der Waals surface area (Å²) in [6.07, 6.45) is -2.66. The fourth-order valence-corrected chi connectivity index (χ4v) is 5.20. The molecule has 3 unspecified atom stereocenters. The van der Waals surface area contributed by atoms with Gasteiger partial charge in [-0.2, -0.15) is 22.6 Å². The Balaban J connectivity index is 1.98. The van der Waals surface area contributed by atoms with Crippen molar-refractivity contribution in [3.8, 4) is 0 Å². The summed E-state index contributed by atoms with van der Waals surface area (Å²) in [5.41, 5.74) is 0.389. The van der Waals surface area contributed by atoms with Gasteiger partial charge < -0.3 is 5.32 Å². The van der Waals surface area contributed by atoms with Crippen LogP contribution in [-0.2, 0) is 10.0 Å². The second-order valence-electron chi connectivity index (χ2n) is 7.30. The number of nitrogens with zero attached hydrogens (tertiary/aromatic N) is 3. The van der Waals surface area contributed by atoms with Gasteiger partial charge in [0.05, 0.1) is 17.0 Å². The number of hydrogen-bond donors (Lipinski definition) is 1. The molecular formula is C16H25F3N4O2S. The monoisotopic (exact) mass is 394 g/mol. The van der Waals surface area contributed by atoms with Crippen LogP contribution >= 0.6 is 0 Å². The van der Waals surface area contributed by atoms with Gasteiger partial charge in [-0.1, -0.05) is 6.92 Å². The van der Waals surface area contributed by atoms with E-state index in [-0.39, 0.29) is 12.5 Å². The molecule has 0 aromatic carbocycles. The van der Waals surface area contributed by atoms with Crippen molar-refractivity contribution >= 4 is 15.8 Å². The van der Waals surface area contributed by atoms with E-state index in [4.69, 9.17) is 0 Å².